The largest absolute Gasteiger partial charge is 0.480 e. The summed E-state index contributed by atoms with van der Waals surface area (Å²) < 4.78 is 0. The highest BCUT2D eigenvalue weighted by Gasteiger charge is 2.45. The molecule has 1 amide bonds. The van der Waals surface area contributed by atoms with Gasteiger partial charge in [-0.15, -0.1) is 0 Å². The molecule has 108 valence electrons. The lowest BCUT2D eigenvalue weighted by Gasteiger charge is -2.31. The van der Waals surface area contributed by atoms with Gasteiger partial charge in [0, 0.05) is 13.0 Å². The first-order valence-corrected chi connectivity index (χ1v) is 7.03. The third-order valence-corrected chi connectivity index (χ3v) is 4.11. The van der Waals surface area contributed by atoms with Crippen LogP contribution in [0.1, 0.15) is 37.3 Å². The van der Waals surface area contributed by atoms with Crippen molar-refractivity contribution in [2.45, 2.75) is 45.1 Å². The maximum Gasteiger partial charge on any atom is 0.329 e. The van der Waals surface area contributed by atoms with Gasteiger partial charge >= 0.3 is 5.97 Å². The van der Waals surface area contributed by atoms with E-state index in [-0.39, 0.29) is 5.91 Å². The molecule has 0 radical (unpaired) electrons. The molecular formula is C16H21NO3. The molecule has 1 unspecified atom stereocenters. The number of benzene rings is 1. The first-order valence-electron chi connectivity index (χ1n) is 7.03. The molecule has 0 spiro atoms. The number of carboxylic acids is 1. The topological polar surface area (TPSA) is 57.6 Å². The van der Waals surface area contributed by atoms with Crippen LogP contribution in [0.4, 0.5) is 0 Å². The van der Waals surface area contributed by atoms with E-state index in [0.717, 1.165) is 12.0 Å². The zero-order valence-corrected chi connectivity index (χ0v) is 12.1. The van der Waals surface area contributed by atoms with Crippen LogP contribution in [-0.2, 0) is 16.0 Å². The minimum Gasteiger partial charge on any atom is -0.480 e. The van der Waals surface area contributed by atoms with Gasteiger partial charge in [-0.05, 0) is 38.7 Å². The van der Waals surface area contributed by atoms with Crippen LogP contribution in [0, 0.1) is 6.92 Å². The highest BCUT2D eigenvalue weighted by Crippen LogP contribution is 2.30. The highest BCUT2D eigenvalue weighted by atomic mass is 16.4. The second-order valence-corrected chi connectivity index (χ2v) is 5.72. The molecule has 1 heterocycles. The highest BCUT2D eigenvalue weighted by molar-refractivity contribution is 5.87. The van der Waals surface area contributed by atoms with Crippen molar-refractivity contribution in [1.29, 1.82) is 0 Å². The fraction of sp³-hybridized carbons (Fsp3) is 0.500. The van der Waals surface area contributed by atoms with Crippen LogP contribution < -0.4 is 0 Å². The number of carbonyl (C=O) groups excluding carboxylic acids is 1. The monoisotopic (exact) mass is 275 g/mol. The maximum absolute atomic E-state index is 12.3. The van der Waals surface area contributed by atoms with E-state index in [9.17, 15) is 14.7 Å². The molecule has 1 aromatic rings. The van der Waals surface area contributed by atoms with Crippen LogP contribution in [0.25, 0.3) is 0 Å². The molecule has 0 bridgehead atoms. The van der Waals surface area contributed by atoms with Crippen molar-refractivity contribution >= 4 is 11.9 Å². The zero-order valence-electron chi connectivity index (χ0n) is 12.1. The standard InChI is InChI=1S/C16H21NO3/c1-12-5-3-6-13(11-12)7-8-14(18)17-10-4-9-16(17,2)15(19)20/h3,5-6,11H,4,7-10H2,1-2H3,(H,19,20). The lowest BCUT2D eigenvalue weighted by molar-refractivity contribution is -0.155. The summed E-state index contributed by atoms with van der Waals surface area (Å²) in [7, 11) is 0. The van der Waals surface area contributed by atoms with Gasteiger partial charge in [-0.3, -0.25) is 4.79 Å². The molecule has 2 rings (SSSR count). The summed E-state index contributed by atoms with van der Waals surface area (Å²) in [4.78, 5) is 25.2. The maximum atomic E-state index is 12.3. The zero-order chi connectivity index (χ0) is 14.8. The number of rotatable bonds is 4. The number of hydrogen-bond acceptors (Lipinski definition) is 2. The Morgan fingerprint density at radius 2 is 2.15 bits per heavy atom. The molecule has 0 saturated carbocycles. The SMILES string of the molecule is Cc1cccc(CCC(=O)N2CCCC2(C)C(=O)O)c1. The van der Waals surface area contributed by atoms with E-state index >= 15 is 0 Å². The minimum absolute atomic E-state index is 0.0612. The summed E-state index contributed by atoms with van der Waals surface area (Å²) in [5, 5.41) is 9.32. The van der Waals surface area contributed by atoms with Gasteiger partial charge in [0.25, 0.3) is 0 Å². The van der Waals surface area contributed by atoms with Crippen molar-refractivity contribution in [3.63, 3.8) is 0 Å². The summed E-state index contributed by atoms with van der Waals surface area (Å²) >= 11 is 0. The van der Waals surface area contributed by atoms with Crippen molar-refractivity contribution in [3.05, 3.63) is 35.4 Å². The normalized spacial score (nSPS) is 22.0. The third kappa shape index (κ3) is 2.84. The van der Waals surface area contributed by atoms with Gasteiger partial charge in [-0.25, -0.2) is 4.79 Å². The van der Waals surface area contributed by atoms with E-state index in [1.54, 1.807) is 6.92 Å². The van der Waals surface area contributed by atoms with Gasteiger partial charge in [-0.1, -0.05) is 29.8 Å². The molecule has 1 fully saturated rings. The first-order chi connectivity index (χ1) is 9.43. The second-order valence-electron chi connectivity index (χ2n) is 5.72. The smallest absolute Gasteiger partial charge is 0.329 e. The van der Waals surface area contributed by atoms with Gasteiger partial charge in [0.1, 0.15) is 5.54 Å². The van der Waals surface area contributed by atoms with Crippen LogP contribution in [-0.4, -0.2) is 34.0 Å². The Bertz CT molecular complexity index is 526. The van der Waals surface area contributed by atoms with E-state index in [2.05, 4.69) is 6.07 Å². The van der Waals surface area contributed by atoms with Crippen LogP contribution >= 0.6 is 0 Å². The third-order valence-electron chi connectivity index (χ3n) is 4.11. The number of amides is 1. The van der Waals surface area contributed by atoms with Gasteiger partial charge in [0.15, 0.2) is 0 Å². The summed E-state index contributed by atoms with van der Waals surface area (Å²) in [5.41, 5.74) is 1.27. The molecule has 1 N–H and O–H groups in total. The van der Waals surface area contributed by atoms with E-state index in [0.29, 0.717) is 25.8 Å². The first kappa shape index (κ1) is 14.6. The summed E-state index contributed by atoms with van der Waals surface area (Å²) in [6.45, 7) is 4.22. The van der Waals surface area contributed by atoms with E-state index in [4.69, 9.17) is 0 Å². The van der Waals surface area contributed by atoms with Crippen LogP contribution in [0.5, 0.6) is 0 Å². The summed E-state index contributed by atoms with van der Waals surface area (Å²) in [6.07, 6.45) is 2.33. The van der Waals surface area contributed by atoms with Crippen molar-refractivity contribution in [2.24, 2.45) is 0 Å². The van der Waals surface area contributed by atoms with Gasteiger partial charge in [0.05, 0.1) is 0 Å². The Morgan fingerprint density at radius 3 is 2.80 bits per heavy atom. The summed E-state index contributed by atoms with van der Waals surface area (Å²) in [5.74, 6) is -0.965. The number of carboxylic acid groups (broad SMARTS) is 1. The van der Waals surface area contributed by atoms with Gasteiger partial charge < -0.3 is 10.0 Å². The molecule has 0 aliphatic carbocycles. The lowest BCUT2D eigenvalue weighted by Crippen LogP contribution is -2.50. The Hall–Kier alpha value is -1.84. The second kappa shape index (κ2) is 5.65. The number of carbonyl (C=O) groups is 2. The fourth-order valence-electron chi connectivity index (χ4n) is 2.84. The Balaban J connectivity index is 2.00. The van der Waals surface area contributed by atoms with Gasteiger partial charge in [0.2, 0.25) is 5.91 Å². The van der Waals surface area contributed by atoms with E-state index in [1.807, 2.05) is 25.1 Å². The van der Waals surface area contributed by atoms with E-state index in [1.165, 1.54) is 10.5 Å². The van der Waals surface area contributed by atoms with Gasteiger partial charge in [-0.2, -0.15) is 0 Å². The molecular weight excluding hydrogens is 254 g/mol. The quantitative estimate of drug-likeness (QED) is 0.918. The number of likely N-dealkylation sites (tertiary alicyclic amines) is 1. The number of aliphatic carboxylic acids is 1. The number of nitrogens with zero attached hydrogens (tertiary/aromatic N) is 1. The van der Waals surface area contributed by atoms with Crippen LogP contribution in [0.15, 0.2) is 24.3 Å². The summed E-state index contributed by atoms with van der Waals surface area (Å²) in [6, 6.07) is 8.06. The minimum atomic E-state index is -1.02. The predicted octanol–water partition coefficient (Wildman–Crippen LogP) is 2.39. The average molecular weight is 275 g/mol. The van der Waals surface area contributed by atoms with E-state index < -0.39 is 11.5 Å². The van der Waals surface area contributed by atoms with Crippen molar-refractivity contribution in [3.8, 4) is 0 Å². The molecule has 4 nitrogen and oxygen atoms in total. The molecule has 20 heavy (non-hydrogen) atoms. The average Bonchev–Trinajstić information content (AvgIpc) is 2.80. The van der Waals surface area contributed by atoms with Crippen LogP contribution in [0.2, 0.25) is 0 Å². The molecule has 0 aromatic heterocycles. The molecule has 1 aliphatic heterocycles. The fourth-order valence-corrected chi connectivity index (χ4v) is 2.84. The Kier molecular flexibility index (Phi) is 4.12. The molecule has 1 saturated heterocycles. The molecule has 1 aliphatic rings. The van der Waals surface area contributed by atoms with Crippen molar-refractivity contribution in [1.82, 2.24) is 4.90 Å². The molecule has 4 heteroatoms. The molecule has 1 aromatic carbocycles. The Morgan fingerprint density at radius 1 is 1.40 bits per heavy atom. The molecule has 1 atom stereocenters. The lowest BCUT2D eigenvalue weighted by atomic mass is 9.98. The van der Waals surface area contributed by atoms with Crippen molar-refractivity contribution < 1.29 is 14.7 Å². The Labute approximate surface area is 119 Å². The predicted molar refractivity (Wildman–Crippen MR) is 76.5 cm³/mol. The van der Waals surface area contributed by atoms with Crippen LogP contribution in [0.3, 0.4) is 0 Å². The number of aryl methyl sites for hydroxylation is 2. The number of hydrogen-bond donors (Lipinski definition) is 1. The van der Waals surface area contributed by atoms with Crippen molar-refractivity contribution in [2.75, 3.05) is 6.54 Å².